The average Bonchev–Trinajstić information content (AvgIpc) is 3.32. The Morgan fingerprint density at radius 1 is 0.955 bits per heavy atom. The number of hydrogen-bond donors (Lipinski definition) is 3. The van der Waals surface area contributed by atoms with Crippen molar-refractivity contribution < 1.29 is 32.6 Å². The van der Waals surface area contributed by atoms with Gasteiger partial charge in [-0.1, -0.05) is 0 Å². The first-order chi connectivity index (χ1) is 21.1. The molecule has 1 fully saturated rings. The van der Waals surface area contributed by atoms with Crippen molar-refractivity contribution in [2.75, 3.05) is 44.0 Å². The van der Waals surface area contributed by atoms with Gasteiger partial charge in [0.2, 0.25) is 0 Å². The number of aryl methyl sites for hydroxylation is 1. The van der Waals surface area contributed by atoms with Crippen LogP contribution in [0.4, 0.5) is 34.1 Å². The van der Waals surface area contributed by atoms with E-state index in [1.165, 1.54) is 30.3 Å². The Morgan fingerprint density at radius 3 is 2.32 bits per heavy atom. The number of methoxy groups -OCH3 is 1. The Hall–Kier alpha value is -4.71. The van der Waals surface area contributed by atoms with E-state index in [0.29, 0.717) is 43.4 Å². The topological polar surface area (TPSA) is 99.1 Å². The van der Waals surface area contributed by atoms with E-state index >= 15 is 0 Å². The number of carbonyl (C=O) groups is 2. The summed E-state index contributed by atoms with van der Waals surface area (Å²) in [6, 6.07) is 12.5. The molecular formula is C32H32F3N5O4. The minimum absolute atomic E-state index is 0.117. The van der Waals surface area contributed by atoms with Crippen LogP contribution in [0.1, 0.15) is 30.1 Å². The van der Waals surface area contributed by atoms with Crippen LogP contribution in [0.15, 0.2) is 60.7 Å². The highest BCUT2D eigenvalue weighted by molar-refractivity contribution is 5.93. The van der Waals surface area contributed by atoms with Crippen LogP contribution < -0.4 is 15.4 Å². The van der Waals surface area contributed by atoms with Crippen molar-refractivity contribution in [1.82, 2.24) is 14.4 Å². The number of likely N-dealkylation sites (tertiary alicyclic amines) is 1. The zero-order chi connectivity index (χ0) is 31.2. The summed E-state index contributed by atoms with van der Waals surface area (Å²) < 4.78 is 48.6. The lowest BCUT2D eigenvalue weighted by Crippen LogP contribution is -2.57. The maximum atomic E-state index is 14.2. The molecule has 44 heavy (non-hydrogen) atoms. The molecule has 0 bridgehead atoms. The van der Waals surface area contributed by atoms with Crippen LogP contribution in [0.3, 0.4) is 0 Å². The molecular weight excluding hydrogens is 575 g/mol. The van der Waals surface area contributed by atoms with Crippen molar-refractivity contribution in [3.63, 3.8) is 0 Å². The van der Waals surface area contributed by atoms with Gasteiger partial charge >= 0.3 is 12.1 Å². The number of piperidine rings is 1. The maximum Gasteiger partial charge on any atom is 0.322 e. The lowest BCUT2D eigenvalue weighted by molar-refractivity contribution is 0.0784. The van der Waals surface area contributed by atoms with Crippen molar-refractivity contribution in [3.05, 3.63) is 89.4 Å². The number of anilines is 2. The number of benzene rings is 3. The number of rotatable bonds is 4. The van der Waals surface area contributed by atoms with Crippen LogP contribution >= 0.6 is 0 Å². The third-order valence-corrected chi connectivity index (χ3v) is 8.86. The number of ether oxygens (including phenoxy) is 1. The molecule has 3 heterocycles. The van der Waals surface area contributed by atoms with Gasteiger partial charge in [-0.25, -0.2) is 22.8 Å². The molecule has 1 aromatic heterocycles. The predicted molar refractivity (Wildman–Crippen MR) is 159 cm³/mol. The van der Waals surface area contributed by atoms with Gasteiger partial charge in [0.05, 0.1) is 31.0 Å². The van der Waals surface area contributed by atoms with Crippen LogP contribution in [-0.2, 0) is 12.5 Å². The van der Waals surface area contributed by atoms with Crippen molar-refractivity contribution >= 4 is 34.3 Å². The highest BCUT2D eigenvalue weighted by Crippen LogP contribution is 2.50. The number of aliphatic hydroxyl groups excluding tert-OH is 1. The molecule has 3 N–H and O–H groups in total. The molecule has 6 rings (SSSR count). The number of carbonyl (C=O) groups excluding carboxylic acids is 2. The van der Waals surface area contributed by atoms with Gasteiger partial charge in [-0.3, -0.25) is 0 Å². The lowest BCUT2D eigenvalue weighted by Gasteiger charge is -2.50. The van der Waals surface area contributed by atoms with Crippen molar-refractivity contribution in [1.29, 1.82) is 0 Å². The third kappa shape index (κ3) is 5.08. The van der Waals surface area contributed by atoms with E-state index in [4.69, 9.17) is 4.74 Å². The molecule has 1 spiro atoms. The van der Waals surface area contributed by atoms with Gasteiger partial charge < -0.3 is 34.8 Å². The standard InChI is InChI=1S/C32H32F3N5O4/c1-38-26-16-22(44-2)8-9-23(26)28-29(38)27(17-41)40(31(43)36-21-6-3-19(33)4-7-21)18-32(28)11-13-39(14-12-32)30(42)37-25-10-5-20(34)15-24(25)35/h3-10,15-16,27,41H,11-14,17-18H2,1-2H3,(H,36,43)(H,37,42)/t27-/m1/s1. The number of nitrogens with one attached hydrogen (secondary N) is 2. The quantitative estimate of drug-likeness (QED) is 0.275. The Kier molecular flexibility index (Phi) is 7.62. The van der Waals surface area contributed by atoms with E-state index in [9.17, 15) is 27.9 Å². The average molecular weight is 608 g/mol. The molecule has 0 saturated carbocycles. The van der Waals surface area contributed by atoms with E-state index in [0.717, 1.165) is 28.2 Å². The monoisotopic (exact) mass is 607 g/mol. The normalized spacial score (nSPS) is 17.5. The number of nitrogens with zero attached hydrogens (tertiary/aromatic N) is 3. The number of hydrogen-bond acceptors (Lipinski definition) is 4. The maximum absolute atomic E-state index is 14.2. The second kappa shape index (κ2) is 11.4. The van der Waals surface area contributed by atoms with Gasteiger partial charge in [-0.15, -0.1) is 0 Å². The van der Waals surface area contributed by atoms with Crippen LogP contribution in [0.2, 0.25) is 0 Å². The zero-order valence-corrected chi connectivity index (χ0v) is 24.2. The summed E-state index contributed by atoms with van der Waals surface area (Å²) >= 11 is 0. The molecule has 9 nitrogen and oxygen atoms in total. The first-order valence-corrected chi connectivity index (χ1v) is 14.3. The Bertz CT molecular complexity index is 1730. The molecule has 0 radical (unpaired) electrons. The van der Waals surface area contributed by atoms with Gasteiger partial charge in [-0.2, -0.15) is 0 Å². The molecule has 1 atom stereocenters. The zero-order valence-electron chi connectivity index (χ0n) is 24.2. The molecule has 12 heteroatoms. The first kappa shape index (κ1) is 29.4. The van der Waals surface area contributed by atoms with E-state index in [1.54, 1.807) is 16.9 Å². The summed E-state index contributed by atoms with van der Waals surface area (Å²) in [6.45, 7) is 0.528. The molecule has 0 unspecified atom stereocenters. The van der Waals surface area contributed by atoms with Crippen molar-refractivity contribution in [2.45, 2.75) is 24.3 Å². The Balaban J connectivity index is 1.35. The van der Waals surface area contributed by atoms with E-state index < -0.39 is 41.0 Å². The first-order valence-electron chi connectivity index (χ1n) is 14.3. The molecule has 1 saturated heterocycles. The molecule has 230 valence electrons. The highest BCUT2D eigenvalue weighted by atomic mass is 19.1. The smallest absolute Gasteiger partial charge is 0.322 e. The van der Waals surface area contributed by atoms with Crippen LogP contribution in [0, 0.1) is 17.5 Å². The van der Waals surface area contributed by atoms with E-state index in [2.05, 4.69) is 10.6 Å². The summed E-state index contributed by atoms with van der Waals surface area (Å²) in [5.74, 6) is -1.37. The van der Waals surface area contributed by atoms with E-state index in [1.807, 2.05) is 29.8 Å². The summed E-state index contributed by atoms with van der Waals surface area (Å²) in [6.07, 6.45) is 0.950. The number of aromatic nitrogens is 1. The Labute approximate surface area is 251 Å². The third-order valence-electron chi connectivity index (χ3n) is 8.86. The molecule has 3 aromatic carbocycles. The molecule has 4 amide bonds. The lowest BCUT2D eigenvalue weighted by atomic mass is 9.68. The fraction of sp³-hybridized carbons (Fsp3) is 0.312. The summed E-state index contributed by atoms with van der Waals surface area (Å²) in [5.41, 5.74) is 2.37. The van der Waals surface area contributed by atoms with Gasteiger partial charge in [-0.05, 0) is 66.9 Å². The fourth-order valence-corrected chi connectivity index (χ4v) is 6.63. The van der Waals surface area contributed by atoms with Crippen molar-refractivity contribution in [2.24, 2.45) is 7.05 Å². The number of halogens is 3. The molecule has 2 aliphatic rings. The van der Waals surface area contributed by atoms with Gasteiger partial charge in [0.15, 0.2) is 0 Å². The van der Waals surface area contributed by atoms with Crippen LogP contribution in [0.5, 0.6) is 5.75 Å². The molecule has 4 aromatic rings. The highest BCUT2D eigenvalue weighted by Gasteiger charge is 2.50. The molecule has 2 aliphatic heterocycles. The van der Waals surface area contributed by atoms with Crippen molar-refractivity contribution in [3.8, 4) is 5.75 Å². The number of amides is 4. The SMILES string of the molecule is COc1ccc2c3c(n(C)c2c1)[C@@H](CO)N(C(=O)Nc1ccc(F)cc1)CC31CCN(C(=O)Nc2ccc(F)cc2F)CC1. The summed E-state index contributed by atoms with van der Waals surface area (Å²) in [7, 11) is 3.47. The van der Waals surface area contributed by atoms with Crippen LogP contribution in [0.25, 0.3) is 10.9 Å². The Morgan fingerprint density at radius 2 is 1.66 bits per heavy atom. The minimum atomic E-state index is -0.868. The molecule has 0 aliphatic carbocycles. The second-order valence-corrected chi connectivity index (χ2v) is 11.3. The largest absolute Gasteiger partial charge is 0.497 e. The number of urea groups is 2. The van der Waals surface area contributed by atoms with Gasteiger partial charge in [0.1, 0.15) is 23.2 Å². The van der Waals surface area contributed by atoms with Gasteiger partial charge in [0.25, 0.3) is 0 Å². The summed E-state index contributed by atoms with van der Waals surface area (Å²) in [5, 5.41) is 17.0. The van der Waals surface area contributed by atoms with E-state index in [-0.39, 0.29) is 18.8 Å². The second-order valence-electron chi connectivity index (χ2n) is 11.3. The minimum Gasteiger partial charge on any atom is -0.497 e. The van der Waals surface area contributed by atoms with Gasteiger partial charge in [0, 0.05) is 61.0 Å². The summed E-state index contributed by atoms with van der Waals surface area (Å²) in [4.78, 5) is 30.0. The fourth-order valence-electron chi connectivity index (χ4n) is 6.63. The predicted octanol–water partition coefficient (Wildman–Crippen LogP) is 5.75. The number of fused-ring (bicyclic) bond motifs is 4. The van der Waals surface area contributed by atoms with Crippen LogP contribution in [-0.4, -0.2) is 64.9 Å². The number of aliphatic hydroxyl groups is 1.